The number of carbonyl (C=O) groups excluding carboxylic acids is 1. The lowest BCUT2D eigenvalue weighted by Crippen LogP contribution is -2.43. The highest BCUT2D eigenvalue weighted by Gasteiger charge is 2.37. The molecule has 1 unspecified atom stereocenters. The van der Waals surface area contributed by atoms with E-state index < -0.39 is 8.32 Å². The van der Waals surface area contributed by atoms with Gasteiger partial charge in [0.1, 0.15) is 5.78 Å². The lowest BCUT2D eigenvalue weighted by Gasteiger charge is -2.37. The van der Waals surface area contributed by atoms with E-state index in [9.17, 15) is 4.79 Å². The van der Waals surface area contributed by atoms with Crippen LogP contribution >= 0.6 is 0 Å². The van der Waals surface area contributed by atoms with Crippen molar-refractivity contribution in [2.75, 3.05) is 26.2 Å². The molecule has 0 radical (unpaired) electrons. The molecule has 158 valence electrons. The fourth-order valence-corrected chi connectivity index (χ4v) is 5.44. The summed E-state index contributed by atoms with van der Waals surface area (Å²) in [7, 11) is -1.66. The number of carbonyl (C=O) groups is 1. The van der Waals surface area contributed by atoms with Gasteiger partial charge in [-0.3, -0.25) is 4.79 Å². The summed E-state index contributed by atoms with van der Waals surface area (Å²) in [6.45, 7) is 15.5. The Kier molecular flexibility index (Phi) is 9.02. The Balaban J connectivity index is 1.73. The van der Waals surface area contributed by atoms with E-state index in [1.54, 1.807) is 0 Å². The molecule has 2 aliphatic rings. The largest absolute Gasteiger partial charge is 0.417 e. The predicted octanol–water partition coefficient (Wildman–Crippen LogP) is 6.04. The monoisotopic (exact) mass is 395 g/mol. The maximum absolute atomic E-state index is 12.4. The summed E-state index contributed by atoms with van der Waals surface area (Å²) in [6, 6.07) is 0. The van der Waals surface area contributed by atoms with E-state index >= 15 is 0 Å². The van der Waals surface area contributed by atoms with Crippen LogP contribution in [0.3, 0.4) is 0 Å². The zero-order valence-corrected chi connectivity index (χ0v) is 19.8. The van der Waals surface area contributed by atoms with Crippen molar-refractivity contribution in [3.8, 4) is 0 Å². The lowest BCUT2D eigenvalue weighted by atomic mass is 9.88. The summed E-state index contributed by atoms with van der Waals surface area (Å²) in [5, 5.41) is 0.266. The first-order valence-corrected chi connectivity index (χ1v) is 14.5. The maximum atomic E-state index is 12.4. The van der Waals surface area contributed by atoms with Gasteiger partial charge in [0.2, 0.25) is 0 Å². The summed E-state index contributed by atoms with van der Waals surface area (Å²) >= 11 is 0. The molecular formula is C23H45NO2Si. The second kappa shape index (κ2) is 10.5. The molecular weight excluding hydrogens is 350 g/mol. The lowest BCUT2D eigenvalue weighted by molar-refractivity contribution is -0.126. The Morgan fingerprint density at radius 3 is 2.33 bits per heavy atom. The number of Topliss-reactive ketones (excluding diaryl/α,β-unsaturated/α-hetero) is 1. The molecule has 0 aromatic carbocycles. The third kappa shape index (κ3) is 7.62. The van der Waals surface area contributed by atoms with Crippen molar-refractivity contribution in [1.82, 2.24) is 4.90 Å². The highest BCUT2D eigenvalue weighted by Crippen LogP contribution is 2.36. The average Bonchev–Trinajstić information content (AvgIpc) is 2.55. The Morgan fingerprint density at radius 1 is 1.07 bits per heavy atom. The molecule has 27 heavy (non-hydrogen) atoms. The Hall–Kier alpha value is -0.193. The van der Waals surface area contributed by atoms with Crippen molar-refractivity contribution in [2.45, 2.75) is 103 Å². The zero-order valence-electron chi connectivity index (χ0n) is 18.8. The Labute approximate surface area is 169 Å². The fourth-order valence-electron chi connectivity index (χ4n) is 4.36. The van der Waals surface area contributed by atoms with Crippen molar-refractivity contribution in [2.24, 2.45) is 11.8 Å². The molecule has 2 fully saturated rings. The SMILES string of the molecule is CC(C)(C)[Si](C)(C)OCCCC1CN(CC2CCCCCCC2)CCC1=O. The predicted molar refractivity (Wildman–Crippen MR) is 118 cm³/mol. The summed E-state index contributed by atoms with van der Waals surface area (Å²) in [4.78, 5) is 15.0. The first-order chi connectivity index (χ1) is 12.7. The number of nitrogens with zero attached hydrogens (tertiary/aromatic N) is 1. The molecule has 1 aliphatic heterocycles. The summed E-state index contributed by atoms with van der Waals surface area (Å²) < 4.78 is 6.31. The molecule has 0 bridgehead atoms. The molecule has 4 heteroatoms. The van der Waals surface area contributed by atoms with Gasteiger partial charge in [-0.15, -0.1) is 0 Å². The standard InChI is InChI=1S/C23H45NO2Si/c1-23(2,3)27(4,5)26-17-11-14-21-19-24(16-15-22(21)25)18-20-12-9-7-6-8-10-13-20/h20-21H,6-19H2,1-5H3. The zero-order chi connectivity index (χ0) is 19.9. The minimum Gasteiger partial charge on any atom is -0.417 e. The number of hydrogen-bond acceptors (Lipinski definition) is 3. The fraction of sp³-hybridized carbons (Fsp3) is 0.957. The van der Waals surface area contributed by atoms with Gasteiger partial charge in [0.15, 0.2) is 8.32 Å². The van der Waals surface area contributed by atoms with Crippen LogP contribution < -0.4 is 0 Å². The van der Waals surface area contributed by atoms with E-state index in [4.69, 9.17) is 4.43 Å². The second-order valence-corrected chi connectivity index (χ2v) is 15.4. The van der Waals surface area contributed by atoms with E-state index in [2.05, 4.69) is 38.8 Å². The Morgan fingerprint density at radius 2 is 1.70 bits per heavy atom. The van der Waals surface area contributed by atoms with Gasteiger partial charge in [-0.05, 0) is 49.7 Å². The van der Waals surface area contributed by atoms with Crippen molar-refractivity contribution in [3.63, 3.8) is 0 Å². The number of hydrogen-bond donors (Lipinski definition) is 0. The molecule has 2 rings (SSSR count). The van der Waals surface area contributed by atoms with Crippen LogP contribution in [-0.2, 0) is 9.22 Å². The summed E-state index contributed by atoms with van der Waals surface area (Å²) in [6.07, 6.45) is 12.7. The molecule has 0 N–H and O–H groups in total. The van der Waals surface area contributed by atoms with Crippen molar-refractivity contribution in [1.29, 1.82) is 0 Å². The molecule has 0 amide bonds. The smallest absolute Gasteiger partial charge is 0.191 e. The number of rotatable bonds is 7. The molecule has 1 aliphatic carbocycles. The summed E-state index contributed by atoms with van der Waals surface area (Å²) in [5.41, 5.74) is 0. The van der Waals surface area contributed by atoms with Crippen LogP contribution in [-0.4, -0.2) is 45.2 Å². The van der Waals surface area contributed by atoms with E-state index in [1.807, 2.05) is 0 Å². The van der Waals surface area contributed by atoms with Gasteiger partial charge in [0.25, 0.3) is 0 Å². The minimum absolute atomic E-state index is 0.246. The molecule has 1 atom stereocenters. The molecule has 1 saturated carbocycles. The first kappa shape index (κ1) is 23.1. The highest BCUT2D eigenvalue weighted by molar-refractivity contribution is 6.74. The molecule has 0 aromatic rings. The quantitative estimate of drug-likeness (QED) is 0.389. The van der Waals surface area contributed by atoms with Crippen LogP contribution in [0.1, 0.15) is 85.0 Å². The van der Waals surface area contributed by atoms with Crippen molar-refractivity contribution in [3.05, 3.63) is 0 Å². The topological polar surface area (TPSA) is 29.5 Å². The van der Waals surface area contributed by atoms with Crippen LogP contribution in [0.4, 0.5) is 0 Å². The molecule has 0 spiro atoms. The van der Waals surface area contributed by atoms with Gasteiger partial charge >= 0.3 is 0 Å². The third-order valence-electron chi connectivity index (χ3n) is 7.32. The minimum atomic E-state index is -1.66. The van der Waals surface area contributed by atoms with E-state index in [0.29, 0.717) is 5.78 Å². The van der Waals surface area contributed by atoms with Crippen LogP contribution in [0.25, 0.3) is 0 Å². The van der Waals surface area contributed by atoms with Crippen LogP contribution in [0.5, 0.6) is 0 Å². The third-order valence-corrected chi connectivity index (χ3v) is 11.9. The molecule has 1 heterocycles. The molecule has 1 saturated heterocycles. The van der Waals surface area contributed by atoms with Gasteiger partial charge in [-0.1, -0.05) is 52.9 Å². The second-order valence-electron chi connectivity index (χ2n) is 10.6. The van der Waals surface area contributed by atoms with Crippen LogP contribution in [0.15, 0.2) is 0 Å². The number of likely N-dealkylation sites (tertiary alicyclic amines) is 1. The maximum Gasteiger partial charge on any atom is 0.191 e. The number of ketones is 1. The first-order valence-electron chi connectivity index (χ1n) is 11.6. The van der Waals surface area contributed by atoms with Crippen LogP contribution in [0, 0.1) is 11.8 Å². The average molecular weight is 396 g/mol. The van der Waals surface area contributed by atoms with Gasteiger partial charge in [-0.25, -0.2) is 0 Å². The van der Waals surface area contributed by atoms with E-state index in [1.165, 1.54) is 51.5 Å². The van der Waals surface area contributed by atoms with Gasteiger partial charge in [0.05, 0.1) is 0 Å². The van der Waals surface area contributed by atoms with Crippen molar-refractivity contribution < 1.29 is 9.22 Å². The van der Waals surface area contributed by atoms with Crippen LogP contribution in [0.2, 0.25) is 18.1 Å². The van der Waals surface area contributed by atoms with Gasteiger partial charge in [0, 0.05) is 38.6 Å². The molecule has 0 aromatic heterocycles. The van der Waals surface area contributed by atoms with Crippen molar-refractivity contribution >= 4 is 14.1 Å². The van der Waals surface area contributed by atoms with Gasteiger partial charge in [-0.2, -0.15) is 0 Å². The highest BCUT2D eigenvalue weighted by atomic mass is 28.4. The van der Waals surface area contributed by atoms with E-state index in [-0.39, 0.29) is 11.0 Å². The molecule has 3 nitrogen and oxygen atoms in total. The van der Waals surface area contributed by atoms with Gasteiger partial charge < -0.3 is 9.33 Å². The normalized spacial score (nSPS) is 24.6. The Bertz CT molecular complexity index is 450. The number of piperidine rings is 1. The van der Waals surface area contributed by atoms with E-state index in [0.717, 1.165) is 44.9 Å². The summed E-state index contributed by atoms with van der Waals surface area (Å²) in [5.74, 6) is 1.60.